The molecule has 1 heterocycles. The van der Waals surface area contributed by atoms with E-state index in [4.69, 9.17) is 0 Å². The number of benzene rings is 1. The Balaban J connectivity index is 2.18. The second-order valence-electron chi connectivity index (χ2n) is 6.46. The largest absolute Gasteiger partial charge is 0.481 e. The van der Waals surface area contributed by atoms with Gasteiger partial charge in [0, 0.05) is 12.6 Å². The highest BCUT2D eigenvalue weighted by Gasteiger charge is 2.39. The molecule has 0 radical (unpaired) electrons. The first-order chi connectivity index (χ1) is 10.00. The molecular formula is C18H27NO2. The van der Waals surface area contributed by atoms with Gasteiger partial charge in [0.25, 0.3) is 0 Å². The number of rotatable bonds is 5. The third-order valence-electron chi connectivity index (χ3n) is 4.84. The molecule has 0 bridgehead atoms. The van der Waals surface area contributed by atoms with Crippen LogP contribution >= 0.6 is 0 Å². The molecule has 1 N–H and O–H groups in total. The summed E-state index contributed by atoms with van der Waals surface area (Å²) in [5.41, 5.74) is 2.06. The van der Waals surface area contributed by atoms with Crippen molar-refractivity contribution in [2.75, 3.05) is 13.1 Å². The Kier molecular flexibility index (Phi) is 5.04. The number of carboxylic acids is 1. The second-order valence-corrected chi connectivity index (χ2v) is 6.46. The number of aliphatic carboxylic acids is 1. The number of hydrogen-bond donors (Lipinski definition) is 1. The molecule has 0 aromatic heterocycles. The molecule has 3 heteroatoms. The molecule has 3 nitrogen and oxygen atoms in total. The minimum atomic E-state index is -0.664. The Bertz CT molecular complexity index is 482. The number of piperidine rings is 1. The van der Waals surface area contributed by atoms with E-state index in [1.54, 1.807) is 0 Å². The first kappa shape index (κ1) is 16.0. The van der Waals surface area contributed by atoms with Crippen molar-refractivity contribution in [3.63, 3.8) is 0 Å². The molecule has 2 atom stereocenters. The van der Waals surface area contributed by atoms with Gasteiger partial charge in [-0.3, -0.25) is 9.69 Å². The fourth-order valence-electron chi connectivity index (χ4n) is 3.40. The lowest BCUT2D eigenvalue weighted by molar-refractivity contribution is -0.151. The zero-order valence-corrected chi connectivity index (χ0v) is 13.4. The standard InChI is InChI=1S/C18H27NO2/c1-4-14-7-9-15(10-8-14)16(5-2)19-12-6-11-18(3,13-19)17(20)21/h7-10,16H,4-6,11-13H2,1-3H3,(H,20,21). The van der Waals surface area contributed by atoms with E-state index < -0.39 is 11.4 Å². The Hall–Kier alpha value is -1.35. The van der Waals surface area contributed by atoms with Crippen molar-refractivity contribution in [3.05, 3.63) is 35.4 Å². The maximum atomic E-state index is 11.5. The van der Waals surface area contributed by atoms with Gasteiger partial charge >= 0.3 is 5.97 Å². The molecule has 1 fully saturated rings. The van der Waals surface area contributed by atoms with Crippen LogP contribution in [-0.4, -0.2) is 29.1 Å². The predicted molar refractivity (Wildman–Crippen MR) is 85.4 cm³/mol. The van der Waals surface area contributed by atoms with Crippen molar-refractivity contribution in [1.29, 1.82) is 0 Å². The van der Waals surface area contributed by atoms with Crippen molar-refractivity contribution in [1.82, 2.24) is 4.90 Å². The van der Waals surface area contributed by atoms with Crippen molar-refractivity contribution in [2.45, 2.75) is 52.5 Å². The lowest BCUT2D eigenvalue weighted by Gasteiger charge is -2.41. The summed E-state index contributed by atoms with van der Waals surface area (Å²) in [5, 5.41) is 9.48. The first-order valence-corrected chi connectivity index (χ1v) is 8.06. The van der Waals surface area contributed by atoms with E-state index in [2.05, 4.69) is 43.0 Å². The summed E-state index contributed by atoms with van der Waals surface area (Å²) in [6.45, 7) is 7.88. The van der Waals surface area contributed by atoms with Gasteiger partial charge in [0.2, 0.25) is 0 Å². The molecule has 0 amide bonds. The molecule has 0 spiro atoms. The zero-order chi connectivity index (χ0) is 15.5. The molecule has 21 heavy (non-hydrogen) atoms. The summed E-state index contributed by atoms with van der Waals surface area (Å²) in [4.78, 5) is 13.9. The Morgan fingerprint density at radius 2 is 2.00 bits per heavy atom. The van der Waals surface area contributed by atoms with Crippen LogP contribution in [-0.2, 0) is 11.2 Å². The van der Waals surface area contributed by atoms with Crippen LogP contribution in [0.25, 0.3) is 0 Å². The van der Waals surface area contributed by atoms with Gasteiger partial charge in [0.1, 0.15) is 0 Å². The number of aryl methyl sites for hydroxylation is 1. The number of carbonyl (C=O) groups is 1. The van der Waals surface area contributed by atoms with Gasteiger partial charge in [-0.1, -0.05) is 38.1 Å². The van der Waals surface area contributed by atoms with Crippen LogP contribution in [0.15, 0.2) is 24.3 Å². The van der Waals surface area contributed by atoms with Crippen molar-refractivity contribution in [2.24, 2.45) is 5.41 Å². The van der Waals surface area contributed by atoms with Crippen LogP contribution in [0.4, 0.5) is 0 Å². The van der Waals surface area contributed by atoms with E-state index in [9.17, 15) is 9.90 Å². The van der Waals surface area contributed by atoms with Crippen LogP contribution in [0.2, 0.25) is 0 Å². The van der Waals surface area contributed by atoms with E-state index in [0.717, 1.165) is 32.2 Å². The highest BCUT2D eigenvalue weighted by molar-refractivity contribution is 5.74. The fraction of sp³-hybridized carbons (Fsp3) is 0.611. The molecule has 1 saturated heterocycles. The number of carboxylic acid groups (broad SMARTS) is 1. The zero-order valence-electron chi connectivity index (χ0n) is 13.4. The van der Waals surface area contributed by atoms with Crippen LogP contribution in [0.5, 0.6) is 0 Å². The van der Waals surface area contributed by atoms with Gasteiger partial charge in [-0.15, -0.1) is 0 Å². The summed E-state index contributed by atoms with van der Waals surface area (Å²) in [7, 11) is 0. The molecule has 0 aliphatic carbocycles. The highest BCUT2D eigenvalue weighted by Crippen LogP contribution is 2.35. The lowest BCUT2D eigenvalue weighted by atomic mass is 9.81. The first-order valence-electron chi connectivity index (χ1n) is 8.06. The highest BCUT2D eigenvalue weighted by atomic mass is 16.4. The molecule has 1 aliphatic heterocycles. The molecule has 2 unspecified atom stereocenters. The minimum absolute atomic E-state index is 0.329. The average Bonchev–Trinajstić information content (AvgIpc) is 2.49. The second kappa shape index (κ2) is 6.61. The summed E-state index contributed by atoms with van der Waals surface area (Å²) in [6.07, 6.45) is 3.81. The van der Waals surface area contributed by atoms with Gasteiger partial charge in [-0.2, -0.15) is 0 Å². The van der Waals surface area contributed by atoms with Crippen molar-refractivity contribution in [3.8, 4) is 0 Å². The summed E-state index contributed by atoms with van der Waals surface area (Å²) in [6, 6.07) is 9.13. The maximum Gasteiger partial charge on any atom is 0.310 e. The van der Waals surface area contributed by atoms with E-state index in [1.165, 1.54) is 11.1 Å². The monoisotopic (exact) mass is 289 g/mol. The lowest BCUT2D eigenvalue weighted by Crippen LogP contribution is -2.47. The van der Waals surface area contributed by atoms with Gasteiger partial charge in [-0.05, 0) is 50.3 Å². The van der Waals surface area contributed by atoms with Crippen LogP contribution in [0.1, 0.15) is 57.2 Å². The quantitative estimate of drug-likeness (QED) is 0.894. The summed E-state index contributed by atoms with van der Waals surface area (Å²) < 4.78 is 0. The smallest absolute Gasteiger partial charge is 0.310 e. The third-order valence-corrected chi connectivity index (χ3v) is 4.84. The number of hydrogen-bond acceptors (Lipinski definition) is 2. The predicted octanol–water partition coefficient (Wildman–Crippen LogP) is 3.89. The maximum absolute atomic E-state index is 11.5. The van der Waals surface area contributed by atoms with E-state index in [1.807, 2.05) is 6.92 Å². The van der Waals surface area contributed by atoms with Crippen molar-refractivity contribution < 1.29 is 9.90 Å². The third kappa shape index (κ3) is 3.46. The van der Waals surface area contributed by atoms with Gasteiger partial charge in [-0.25, -0.2) is 0 Å². The van der Waals surface area contributed by atoms with E-state index >= 15 is 0 Å². The minimum Gasteiger partial charge on any atom is -0.481 e. The average molecular weight is 289 g/mol. The van der Waals surface area contributed by atoms with E-state index in [-0.39, 0.29) is 0 Å². The summed E-state index contributed by atoms with van der Waals surface area (Å²) >= 11 is 0. The normalized spacial score (nSPS) is 24.7. The molecule has 2 rings (SSSR count). The molecule has 1 aliphatic rings. The molecule has 116 valence electrons. The molecule has 1 aromatic carbocycles. The summed E-state index contributed by atoms with van der Waals surface area (Å²) in [5.74, 6) is -0.664. The van der Waals surface area contributed by atoms with Gasteiger partial charge in [0.05, 0.1) is 5.41 Å². The van der Waals surface area contributed by atoms with Crippen LogP contribution in [0.3, 0.4) is 0 Å². The van der Waals surface area contributed by atoms with E-state index in [0.29, 0.717) is 12.6 Å². The number of nitrogens with zero attached hydrogens (tertiary/aromatic N) is 1. The molecule has 1 aromatic rings. The van der Waals surface area contributed by atoms with Crippen molar-refractivity contribution >= 4 is 5.97 Å². The molecular weight excluding hydrogens is 262 g/mol. The molecule has 0 saturated carbocycles. The van der Waals surface area contributed by atoms with Gasteiger partial charge in [0.15, 0.2) is 0 Å². The topological polar surface area (TPSA) is 40.5 Å². The SMILES string of the molecule is CCc1ccc(C(CC)N2CCCC(C)(C(=O)O)C2)cc1. The van der Waals surface area contributed by atoms with Crippen LogP contribution in [0, 0.1) is 5.41 Å². The van der Waals surface area contributed by atoms with Gasteiger partial charge < -0.3 is 5.11 Å². The van der Waals surface area contributed by atoms with Crippen LogP contribution < -0.4 is 0 Å². The number of likely N-dealkylation sites (tertiary alicyclic amines) is 1. The Labute approximate surface area is 128 Å². The fourth-order valence-corrected chi connectivity index (χ4v) is 3.40. The Morgan fingerprint density at radius 1 is 1.33 bits per heavy atom. The Morgan fingerprint density at radius 3 is 2.52 bits per heavy atom.